The minimum absolute atomic E-state index is 0.103. The lowest BCUT2D eigenvalue weighted by Gasteiger charge is -2.07. The minimum atomic E-state index is -0.103. The zero-order chi connectivity index (χ0) is 16.3. The highest BCUT2D eigenvalue weighted by molar-refractivity contribution is 5.92. The number of anilines is 1. The highest BCUT2D eigenvalue weighted by Gasteiger charge is 2.05. The number of nitrogens with one attached hydrogen (secondary N) is 2. The summed E-state index contributed by atoms with van der Waals surface area (Å²) in [4.78, 5) is 16.1. The third-order valence-corrected chi connectivity index (χ3v) is 3.63. The van der Waals surface area contributed by atoms with Crippen molar-refractivity contribution in [2.45, 2.75) is 32.6 Å². The van der Waals surface area contributed by atoms with E-state index >= 15 is 0 Å². The lowest BCUT2D eigenvalue weighted by molar-refractivity contribution is 0.0948. The molecule has 4 heteroatoms. The van der Waals surface area contributed by atoms with Crippen molar-refractivity contribution in [3.63, 3.8) is 0 Å². The molecule has 0 aliphatic carbocycles. The van der Waals surface area contributed by atoms with Gasteiger partial charge in [0.25, 0.3) is 5.91 Å². The average Bonchev–Trinajstić information content (AvgIpc) is 2.60. The second-order valence-electron chi connectivity index (χ2n) is 5.56. The standard InChI is InChI=1S/C19H25N3O/c1-2-3-13-21-19(23)18-12-11-17(15-22-18)20-14-7-10-16-8-5-4-6-9-16/h4-6,8-9,11-12,15,20H,2-3,7,10,13-14H2,1H3,(H,21,23). The van der Waals surface area contributed by atoms with E-state index in [9.17, 15) is 4.79 Å². The van der Waals surface area contributed by atoms with Crippen molar-refractivity contribution in [2.75, 3.05) is 18.4 Å². The Morgan fingerprint density at radius 2 is 1.87 bits per heavy atom. The van der Waals surface area contributed by atoms with Gasteiger partial charge in [-0.3, -0.25) is 4.79 Å². The molecule has 2 aromatic rings. The van der Waals surface area contributed by atoms with Gasteiger partial charge in [-0.25, -0.2) is 4.98 Å². The van der Waals surface area contributed by atoms with Crippen LogP contribution in [0.5, 0.6) is 0 Å². The number of benzene rings is 1. The second-order valence-corrected chi connectivity index (χ2v) is 5.56. The van der Waals surface area contributed by atoms with E-state index in [-0.39, 0.29) is 5.91 Å². The summed E-state index contributed by atoms with van der Waals surface area (Å²) in [7, 11) is 0. The summed E-state index contributed by atoms with van der Waals surface area (Å²) in [5, 5.41) is 6.21. The molecule has 1 aromatic heterocycles. The van der Waals surface area contributed by atoms with Crippen LogP contribution in [0.2, 0.25) is 0 Å². The molecular formula is C19H25N3O. The first-order valence-electron chi connectivity index (χ1n) is 8.31. The molecule has 0 fully saturated rings. The van der Waals surface area contributed by atoms with Crippen molar-refractivity contribution in [3.8, 4) is 0 Å². The summed E-state index contributed by atoms with van der Waals surface area (Å²) in [6.45, 7) is 3.69. The Morgan fingerprint density at radius 1 is 1.04 bits per heavy atom. The summed E-state index contributed by atoms with van der Waals surface area (Å²) < 4.78 is 0. The van der Waals surface area contributed by atoms with Gasteiger partial charge >= 0.3 is 0 Å². The number of carbonyl (C=O) groups is 1. The van der Waals surface area contributed by atoms with E-state index in [1.165, 1.54) is 5.56 Å². The van der Waals surface area contributed by atoms with Gasteiger partial charge in [0.05, 0.1) is 11.9 Å². The molecule has 0 aliphatic heterocycles. The molecule has 0 atom stereocenters. The Bertz CT molecular complexity index is 581. The van der Waals surface area contributed by atoms with E-state index in [1.54, 1.807) is 12.3 Å². The summed E-state index contributed by atoms with van der Waals surface area (Å²) >= 11 is 0. The van der Waals surface area contributed by atoms with Crippen LogP contribution in [0.1, 0.15) is 42.2 Å². The van der Waals surface area contributed by atoms with Gasteiger partial charge in [-0.2, -0.15) is 0 Å². The van der Waals surface area contributed by atoms with Gasteiger partial charge in [0, 0.05) is 13.1 Å². The smallest absolute Gasteiger partial charge is 0.269 e. The molecule has 122 valence electrons. The number of unbranched alkanes of at least 4 members (excludes halogenated alkanes) is 1. The maximum atomic E-state index is 11.9. The van der Waals surface area contributed by atoms with Gasteiger partial charge in [-0.1, -0.05) is 43.7 Å². The van der Waals surface area contributed by atoms with Crippen molar-refractivity contribution in [1.29, 1.82) is 0 Å². The maximum absolute atomic E-state index is 11.9. The van der Waals surface area contributed by atoms with Crippen molar-refractivity contribution in [1.82, 2.24) is 10.3 Å². The van der Waals surface area contributed by atoms with Gasteiger partial charge in [-0.15, -0.1) is 0 Å². The first-order valence-corrected chi connectivity index (χ1v) is 8.31. The van der Waals surface area contributed by atoms with Crippen LogP contribution in [-0.4, -0.2) is 24.0 Å². The second kappa shape index (κ2) is 9.62. The van der Waals surface area contributed by atoms with Crippen LogP contribution in [0.4, 0.5) is 5.69 Å². The molecule has 0 aliphatic rings. The van der Waals surface area contributed by atoms with Crippen LogP contribution < -0.4 is 10.6 Å². The zero-order valence-electron chi connectivity index (χ0n) is 13.7. The molecular weight excluding hydrogens is 286 g/mol. The number of aryl methyl sites for hydroxylation is 1. The van der Waals surface area contributed by atoms with Crippen LogP contribution in [0.25, 0.3) is 0 Å². The lowest BCUT2D eigenvalue weighted by Crippen LogP contribution is -2.25. The van der Waals surface area contributed by atoms with Crippen molar-refractivity contribution < 1.29 is 4.79 Å². The number of nitrogens with zero attached hydrogens (tertiary/aromatic N) is 1. The van der Waals surface area contributed by atoms with E-state index in [4.69, 9.17) is 0 Å². The Hall–Kier alpha value is -2.36. The average molecular weight is 311 g/mol. The molecule has 1 heterocycles. The quantitative estimate of drug-likeness (QED) is 0.695. The topological polar surface area (TPSA) is 54.0 Å². The molecule has 2 rings (SSSR count). The van der Waals surface area contributed by atoms with Crippen LogP contribution in [-0.2, 0) is 6.42 Å². The van der Waals surface area contributed by atoms with Crippen molar-refractivity contribution in [2.24, 2.45) is 0 Å². The van der Waals surface area contributed by atoms with Gasteiger partial charge in [0.2, 0.25) is 0 Å². The molecule has 0 saturated carbocycles. The highest BCUT2D eigenvalue weighted by atomic mass is 16.1. The third kappa shape index (κ3) is 6.10. The molecule has 23 heavy (non-hydrogen) atoms. The molecule has 1 amide bonds. The molecule has 0 saturated heterocycles. The zero-order valence-corrected chi connectivity index (χ0v) is 13.7. The number of hydrogen-bond donors (Lipinski definition) is 2. The molecule has 0 spiro atoms. The molecule has 0 radical (unpaired) electrons. The Kier molecular flexibility index (Phi) is 7.11. The number of carbonyl (C=O) groups excluding carboxylic acids is 1. The Balaban J connectivity index is 1.71. The monoisotopic (exact) mass is 311 g/mol. The molecule has 4 nitrogen and oxygen atoms in total. The fourth-order valence-electron chi connectivity index (χ4n) is 2.27. The van der Waals surface area contributed by atoms with Crippen LogP contribution in [0, 0.1) is 0 Å². The normalized spacial score (nSPS) is 10.3. The minimum Gasteiger partial charge on any atom is -0.384 e. The van der Waals surface area contributed by atoms with Crippen molar-refractivity contribution in [3.05, 3.63) is 59.9 Å². The fourth-order valence-corrected chi connectivity index (χ4v) is 2.27. The maximum Gasteiger partial charge on any atom is 0.269 e. The summed E-state index contributed by atoms with van der Waals surface area (Å²) in [6.07, 6.45) is 5.89. The molecule has 0 unspecified atom stereocenters. The van der Waals surface area contributed by atoms with E-state index in [2.05, 4.69) is 46.8 Å². The summed E-state index contributed by atoms with van der Waals surface area (Å²) in [6, 6.07) is 14.1. The number of rotatable bonds is 9. The SMILES string of the molecule is CCCCNC(=O)c1ccc(NCCCc2ccccc2)cn1. The van der Waals surface area contributed by atoms with Gasteiger partial charge < -0.3 is 10.6 Å². The first kappa shape index (κ1) is 17.0. The molecule has 0 bridgehead atoms. The number of hydrogen-bond acceptors (Lipinski definition) is 3. The largest absolute Gasteiger partial charge is 0.384 e. The highest BCUT2D eigenvalue weighted by Crippen LogP contribution is 2.08. The van der Waals surface area contributed by atoms with Crippen LogP contribution >= 0.6 is 0 Å². The predicted octanol–water partition coefficient (Wildman–Crippen LogP) is 3.66. The molecule has 1 aromatic carbocycles. The van der Waals surface area contributed by atoms with E-state index in [1.807, 2.05) is 12.1 Å². The third-order valence-electron chi connectivity index (χ3n) is 3.63. The Morgan fingerprint density at radius 3 is 2.57 bits per heavy atom. The number of amides is 1. The van der Waals surface area contributed by atoms with Crippen LogP contribution in [0.3, 0.4) is 0 Å². The summed E-state index contributed by atoms with van der Waals surface area (Å²) in [5.74, 6) is -0.103. The first-order chi connectivity index (χ1) is 11.3. The molecule has 2 N–H and O–H groups in total. The van der Waals surface area contributed by atoms with Gasteiger partial charge in [0.1, 0.15) is 5.69 Å². The van der Waals surface area contributed by atoms with Gasteiger partial charge in [-0.05, 0) is 37.0 Å². The van der Waals surface area contributed by atoms with Crippen molar-refractivity contribution >= 4 is 11.6 Å². The van der Waals surface area contributed by atoms with E-state index in [0.717, 1.165) is 37.9 Å². The fraction of sp³-hybridized carbons (Fsp3) is 0.368. The van der Waals surface area contributed by atoms with E-state index in [0.29, 0.717) is 12.2 Å². The predicted molar refractivity (Wildman–Crippen MR) is 94.7 cm³/mol. The van der Waals surface area contributed by atoms with Gasteiger partial charge in [0.15, 0.2) is 0 Å². The Labute approximate surface area is 138 Å². The summed E-state index contributed by atoms with van der Waals surface area (Å²) in [5.41, 5.74) is 2.77. The van der Waals surface area contributed by atoms with Crippen LogP contribution in [0.15, 0.2) is 48.7 Å². The number of pyridine rings is 1. The lowest BCUT2D eigenvalue weighted by atomic mass is 10.1. The van der Waals surface area contributed by atoms with E-state index < -0.39 is 0 Å². The number of aromatic nitrogens is 1.